The molecule has 0 aliphatic rings. The third-order valence-electron chi connectivity index (χ3n) is 11.6. The molecule has 0 aromatic carbocycles. The van der Waals surface area contributed by atoms with Crippen LogP contribution in [-0.4, -0.2) is 47.4 Å². The first-order valence-electron chi connectivity index (χ1n) is 24.9. The van der Waals surface area contributed by atoms with Gasteiger partial charge in [0.25, 0.3) is 0 Å². The molecule has 0 aromatic heterocycles. The van der Waals surface area contributed by atoms with Crippen molar-refractivity contribution in [1.82, 2.24) is 5.32 Å². The number of unbranched alkanes of at least 4 members (excludes halogenated alkanes) is 33. The minimum atomic E-state index is -0.693. The molecule has 0 aliphatic carbocycles. The largest absolute Gasteiger partial charge is 0.466 e. The summed E-state index contributed by atoms with van der Waals surface area (Å²) in [6, 6.07) is -0.576. The standard InChI is InChI=1S/C50H97NO5/c1-3-5-7-9-11-13-15-17-18-19-20-22-24-28-32-36-40-44-50(55)56-45-41-37-33-29-25-27-31-35-39-43-49(54)51-47(46-52)48(53)42-38-34-30-26-23-21-16-14-12-10-8-6-4-2/h27,31,47-48,52-53H,3-26,28-30,32-46H2,1-2H3,(H,51,54)/b31-27-. The van der Waals surface area contributed by atoms with Gasteiger partial charge in [-0.1, -0.05) is 225 Å². The number of esters is 1. The Balaban J connectivity index is 3.51. The van der Waals surface area contributed by atoms with Gasteiger partial charge in [-0.25, -0.2) is 0 Å². The molecule has 56 heavy (non-hydrogen) atoms. The van der Waals surface area contributed by atoms with Gasteiger partial charge in [-0.3, -0.25) is 9.59 Å². The lowest BCUT2D eigenvalue weighted by molar-refractivity contribution is -0.143. The van der Waals surface area contributed by atoms with Crippen LogP contribution in [0.25, 0.3) is 0 Å². The normalized spacial score (nSPS) is 12.7. The zero-order valence-corrected chi connectivity index (χ0v) is 37.6. The Kier molecular flexibility index (Phi) is 45.1. The minimum absolute atomic E-state index is 0.0318. The highest BCUT2D eigenvalue weighted by Gasteiger charge is 2.20. The lowest BCUT2D eigenvalue weighted by Gasteiger charge is -2.22. The maximum atomic E-state index is 12.4. The Morgan fingerprint density at radius 1 is 0.482 bits per heavy atom. The first kappa shape index (κ1) is 54.6. The van der Waals surface area contributed by atoms with Crippen LogP contribution in [0, 0.1) is 0 Å². The van der Waals surface area contributed by atoms with Crippen LogP contribution in [0.3, 0.4) is 0 Å². The number of rotatable bonds is 46. The second kappa shape index (κ2) is 46.3. The van der Waals surface area contributed by atoms with Crippen molar-refractivity contribution in [1.29, 1.82) is 0 Å². The van der Waals surface area contributed by atoms with E-state index in [9.17, 15) is 19.8 Å². The Morgan fingerprint density at radius 3 is 1.30 bits per heavy atom. The van der Waals surface area contributed by atoms with E-state index < -0.39 is 12.1 Å². The molecule has 2 unspecified atom stereocenters. The SMILES string of the molecule is CCCCCCCCCCCCCCCCCCCC(=O)OCCCCCC/C=C\CCCC(=O)NC(CO)C(O)CCCCCCCCCCCCCCC. The van der Waals surface area contributed by atoms with Crippen molar-refractivity contribution < 1.29 is 24.5 Å². The topological polar surface area (TPSA) is 95.9 Å². The predicted molar refractivity (Wildman–Crippen MR) is 241 cm³/mol. The van der Waals surface area contributed by atoms with E-state index in [1.165, 1.54) is 167 Å². The highest BCUT2D eigenvalue weighted by atomic mass is 16.5. The van der Waals surface area contributed by atoms with E-state index in [1.54, 1.807) is 0 Å². The van der Waals surface area contributed by atoms with E-state index in [1.807, 2.05) is 0 Å². The molecular weight excluding hydrogens is 695 g/mol. The lowest BCUT2D eigenvalue weighted by atomic mass is 10.0. The molecule has 6 heteroatoms. The van der Waals surface area contributed by atoms with Gasteiger partial charge in [0.2, 0.25) is 5.91 Å². The van der Waals surface area contributed by atoms with Crippen LogP contribution in [-0.2, 0) is 14.3 Å². The first-order valence-corrected chi connectivity index (χ1v) is 24.9. The zero-order chi connectivity index (χ0) is 40.8. The average Bonchev–Trinajstić information content (AvgIpc) is 3.20. The van der Waals surface area contributed by atoms with E-state index in [0.29, 0.717) is 25.9 Å². The molecule has 0 heterocycles. The van der Waals surface area contributed by atoms with Crippen molar-refractivity contribution in [2.24, 2.45) is 0 Å². The van der Waals surface area contributed by atoms with Gasteiger partial charge in [-0.05, 0) is 44.9 Å². The van der Waals surface area contributed by atoms with Gasteiger partial charge in [0.05, 0.1) is 25.4 Å². The molecule has 0 aliphatic heterocycles. The molecule has 332 valence electrons. The molecule has 3 N–H and O–H groups in total. The van der Waals surface area contributed by atoms with E-state index in [2.05, 4.69) is 31.3 Å². The van der Waals surface area contributed by atoms with Gasteiger partial charge in [0.15, 0.2) is 0 Å². The van der Waals surface area contributed by atoms with Crippen molar-refractivity contribution in [3.63, 3.8) is 0 Å². The molecule has 0 radical (unpaired) electrons. The zero-order valence-electron chi connectivity index (χ0n) is 37.6. The summed E-state index contributed by atoms with van der Waals surface area (Å²) in [5, 5.41) is 23.1. The van der Waals surface area contributed by atoms with Crippen LogP contribution in [0.2, 0.25) is 0 Å². The fourth-order valence-electron chi connectivity index (χ4n) is 7.70. The molecule has 0 saturated carbocycles. The monoisotopic (exact) mass is 792 g/mol. The molecule has 0 aromatic rings. The van der Waals surface area contributed by atoms with Gasteiger partial charge in [-0.15, -0.1) is 0 Å². The van der Waals surface area contributed by atoms with Gasteiger partial charge in [0.1, 0.15) is 0 Å². The number of allylic oxidation sites excluding steroid dienone is 2. The van der Waals surface area contributed by atoms with E-state index in [-0.39, 0.29) is 18.5 Å². The van der Waals surface area contributed by atoms with Gasteiger partial charge >= 0.3 is 5.97 Å². The Bertz CT molecular complexity index is 832. The van der Waals surface area contributed by atoms with Crippen LogP contribution in [0.15, 0.2) is 12.2 Å². The van der Waals surface area contributed by atoms with Crippen LogP contribution in [0.5, 0.6) is 0 Å². The maximum Gasteiger partial charge on any atom is 0.305 e. The predicted octanol–water partition coefficient (Wildman–Crippen LogP) is 14.6. The highest BCUT2D eigenvalue weighted by molar-refractivity contribution is 5.76. The number of nitrogens with one attached hydrogen (secondary N) is 1. The summed E-state index contributed by atoms with van der Waals surface area (Å²) in [5.41, 5.74) is 0. The number of aliphatic hydroxyl groups excluding tert-OH is 2. The first-order chi connectivity index (χ1) is 27.5. The fraction of sp³-hybridized carbons (Fsp3) is 0.920. The van der Waals surface area contributed by atoms with Crippen LogP contribution in [0.4, 0.5) is 0 Å². The average molecular weight is 792 g/mol. The molecule has 2 atom stereocenters. The second-order valence-electron chi connectivity index (χ2n) is 17.1. The smallest absolute Gasteiger partial charge is 0.305 e. The number of amides is 1. The summed E-state index contributed by atoms with van der Waals surface area (Å²) < 4.78 is 5.45. The number of ether oxygens (including phenoxy) is 1. The Labute approximate surface area is 349 Å². The molecular formula is C50H97NO5. The van der Waals surface area contributed by atoms with Crippen molar-refractivity contribution in [3.8, 4) is 0 Å². The molecule has 6 nitrogen and oxygen atoms in total. The molecule has 0 saturated heterocycles. The van der Waals surface area contributed by atoms with E-state index in [0.717, 1.165) is 70.6 Å². The van der Waals surface area contributed by atoms with Gasteiger partial charge < -0.3 is 20.3 Å². The molecule has 0 bridgehead atoms. The second-order valence-corrected chi connectivity index (χ2v) is 17.1. The quantitative estimate of drug-likeness (QED) is 0.0324. The molecule has 1 amide bonds. The summed E-state index contributed by atoms with van der Waals surface area (Å²) in [6.07, 6.45) is 51.8. The maximum absolute atomic E-state index is 12.4. The third-order valence-corrected chi connectivity index (χ3v) is 11.6. The molecule has 0 rings (SSSR count). The fourth-order valence-corrected chi connectivity index (χ4v) is 7.70. The number of carbonyl (C=O) groups is 2. The number of hydrogen-bond acceptors (Lipinski definition) is 5. The van der Waals surface area contributed by atoms with Crippen molar-refractivity contribution in [2.75, 3.05) is 13.2 Å². The number of carbonyl (C=O) groups excluding carboxylic acids is 2. The lowest BCUT2D eigenvalue weighted by Crippen LogP contribution is -2.45. The van der Waals surface area contributed by atoms with Crippen LogP contribution in [0.1, 0.15) is 271 Å². The third kappa shape index (κ3) is 42.2. The van der Waals surface area contributed by atoms with Crippen LogP contribution >= 0.6 is 0 Å². The van der Waals surface area contributed by atoms with Gasteiger partial charge in [0, 0.05) is 12.8 Å². The van der Waals surface area contributed by atoms with E-state index >= 15 is 0 Å². The Morgan fingerprint density at radius 2 is 0.857 bits per heavy atom. The highest BCUT2D eigenvalue weighted by Crippen LogP contribution is 2.16. The summed E-state index contributed by atoms with van der Waals surface area (Å²) in [6.45, 7) is 4.87. The van der Waals surface area contributed by atoms with E-state index in [4.69, 9.17) is 4.74 Å². The summed E-state index contributed by atoms with van der Waals surface area (Å²) in [7, 11) is 0. The van der Waals surface area contributed by atoms with Crippen LogP contribution < -0.4 is 5.32 Å². The summed E-state index contributed by atoms with van der Waals surface area (Å²) in [5.74, 6) is -0.126. The number of hydrogen-bond donors (Lipinski definition) is 3. The number of aliphatic hydroxyl groups is 2. The summed E-state index contributed by atoms with van der Waals surface area (Å²) >= 11 is 0. The van der Waals surface area contributed by atoms with Gasteiger partial charge in [-0.2, -0.15) is 0 Å². The molecule has 0 spiro atoms. The Hall–Kier alpha value is -1.40. The molecule has 0 fully saturated rings. The minimum Gasteiger partial charge on any atom is -0.466 e. The van der Waals surface area contributed by atoms with Crippen molar-refractivity contribution >= 4 is 11.9 Å². The summed E-state index contributed by atoms with van der Waals surface area (Å²) in [4.78, 5) is 24.4. The van der Waals surface area contributed by atoms with Crippen molar-refractivity contribution in [3.05, 3.63) is 12.2 Å². The van der Waals surface area contributed by atoms with Crippen molar-refractivity contribution in [2.45, 2.75) is 283 Å².